The highest BCUT2D eigenvalue weighted by Gasteiger charge is 2.28. The summed E-state index contributed by atoms with van der Waals surface area (Å²) < 4.78 is 74.9. The van der Waals surface area contributed by atoms with Gasteiger partial charge in [-0.3, -0.25) is 0 Å². The fourth-order valence-corrected chi connectivity index (χ4v) is 4.23. The van der Waals surface area contributed by atoms with E-state index in [1.807, 2.05) is 0 Å². The van der Waals surface area contributed by atoms with Crippen LogP contribution in [0.15, 0.2) is 3.77 Å². The number of rotatable bonds is 12. The van der Waals surface area contributed by atoms with Gasteiger partial charge < -0.3 is 0 Å². The van der Waals surface area contributed by atoms with Gasteiger partial charge in [-0.2, -0.15) is 8.78 Å². The van der Waals surface area contributed by atoms with E-state index >= 15 is 0 Å². The van der Waals surface area contributed by atoms with E-state index in [0.717, 1.165) is 32.1 Å². The average Bonchev–Trinajstić information content (AvgIpc) is 2.41. The van der Waals surface area contributed by atoms with Gasteiger partial charge in [0.1, 0.15) is 0 Å². The molecule has 0 aromatic rings. The lowest BCUT2D eigenvalue weighted by molar-refractivity contribution is -0.000781. The van der Waals surface area contributed by atoms with E-state index in [4.69, 9.17) is 0 Å². The van der Waals surface area contributed by atoms with Crippen molar-refractivity contribution in [2.24, 2.45) is 3.77 Å². The van der Waals surface area contributed by atoms with Crippen molar-refractivity contribution in [3.63, 3.8) is 0 Å². The molecule has 0 radical (unpaired) electrons. The Bertz CT molecular complexity index is 488. The molecule has 0 saturated heterocycles. The predicted molar refractivity (Wildman–Crippen MR) is 75.2 cm³/mol. The van der Waals surface area contributed by atoms with E-state index in [0.29, 0.717) is 6.42 Å². The first-order valence-corrected chi connectivity index (χ1v) is 9.97. The number of sulfonamides is 1. The van der Waals surface area contributed by atoms with Crippen molar-refractivity contribution in [3.8, 4) is 0 Å². The van der Waals surface area contributed by atoms with Crippen molar-refractivity contribution in [2.45, 2.75) is 64.0 Å². The summed E-state index contributed by atoms with van der Waals surface area (Å²) in [5, 5.41) is 0. The molecule has 21 heavy (non-hydrogen) atoms. The molecule has 0 amide bonds. The van der Waals surface area contributed by atoms with Crippen molar-refractivity contribution in [3.05, 3.63) is 0 Å². The summed E-state index contributed by atoms with van der Waals surface area (Å²) in [6, 6.07) is 0. The van der Waals surface area contributed by atoms with E-state index in [1.165, 1.54) is 6.42 Å². The van der Waals surface area contributed by atoms with Gasteiger partial charge in [0.2, 0.25) is 0 Å². The van der Waals surface area contributed by atoms with Crippen LogP contribution in [0, 0.1) is 0 Å². The van der Waals surface area contributed by atoms with Crippen LogP contribution in [0.1, 0.15) is 58.3 Å². The number of unbranched alkanes of at least 4 members (excludes halogenated alkanes) is 7. The molecule has 0 spiro atoms. The van der Waals surface area contributed by atoms with E-state index in [1.54, 1.807) is 0 Å². The van der Waals surface area contributed by atoms with Crippen molar-refractivity contribution in [1.29, 1.82) is 0 Å². The van der Waals surface area contributed by atoms with Gasteiger partial charge in [-0.1, -0.05) is 60.0 Å². The summed E-state index contributed by atoms with van der Waals surface area (Å²) in [5.41, 5.74) is 0. The van der Waals surface area contributed by atoms with E-state index in [2.05, 4.69) is 15.1 Å². The SMILES string of the molecule is CCCCCCCCCCS(=O)(=O)N=S(=O)(OF)C(F)F. The number of halogens is 3. The summed E-state index contributed by atoms with van der Waals surface area (Å²) in [5.74, 6) is -4.37. The molecule has 0 aliphatic rings. The molecule has 0 bridgehead atoms. The van der Waals surface area contributed by atoms with Crippen LogP contribution >= 0.6 is 0 Å². The van der Waals surface area contributed by atoms with Crippen molar-refractivity contribution < 1.29 is 30.3 Å². The predicted octanol–water partition coefficient (Wildman–Crippen LogP) is 3.96. The maximum Gasteiger partial charge on any atom is 0.346 e. The van der Waals surface area contributed by atoms with Crippen LogP contribution in [-0.4, -0.2) is 24.1 Å². The maximum atomic E-state index is 12.2. The number of hydrogen-bond acceptors (Lipinski definition) is 4. The standard InChI is InChI=1S/C11H22F3NO4S2/c1-2-3-4-5-6-7-8-9-10-20(16,17)15-21(18,19-14)11(12)13/h11H,2-10H2,1H3. The lowest BCUT2D eigenvalue weighted by Crippen LogP contribution is -2.15. The smallest absolute Gasteiger partial charge is 0.211 e. The van der Waals surface area contributed by atoms with Crippen LogP contribution in [0.2, 0.25) is 0 Å². The molecule has 1 atom stereocenters. The molecule has 0 N–H and O–H groups in total. The molecule has 0 aromatic carbocycles. The molecular weight excluding hydrogens is 331 g/mol. The summed E-state index contributed by atoms with van der Waals surface area (Å²) in [6.07, 6.45) is 7.09. The van der Waals surface area contributed by atoms with Gasteiger partial charge >= 0.3 is 5.76 Å². The molecule has 0 aliphatic carbocycles. The van der Waals surface area contributed by atoms with Gasteiger partial charge in [0, 0.05) is 0 Å². The number of hydrogen-bond donors (Lipinski definition) is 0. The van der Waals surface area contributed by atoms with E-state index < -0.39 is 31.5 Å². The highest BCUT2D eigenvalue weighted by molar-refractivity contribution is 8.01. The van der Waals surface area contributed by atoms with Crippen LogP contribution < -0.4 is 0 Å². The summed E-state index contributed by atoms with van der Waals surface area (Å²) in [4.78, 5) is 0. The molecule has 0 saturated carbocycles. The highest BCUT2D eigenvalue weighted by Crippen LogP contribution is 2.16. The molecule has 0 aromatic heterocycles. The molecular formula is C11H22F3NO4S2. The van der Waals surface area contributed by atoms with Gasteiger partial charge in [-0.25, -0.2) is 12.6 Å². The molecule has 1 unspecified atom stereocenters. The Morgan fingerprint density at radius 2 is 1.43 bits per heavy atom. The third-order valence-electron chi connectivity index (χ3n) is 2.79. The highest BCUT2D eigenvalue weighted by atomic mass is 32.3. The Kier molecular flexibility index (Phi) is 10.2. The van der Waals surface area contributed by atoms with Crippen molar-refractivity contribution in [1.82, 2.24) is 0 Å². The zero-order chi connectivity index (χ0) is 16.4. The number of nitrogens with zero attached hydrogens (tertiary/aromatic N) is 1. The first-order chi connectivity index (χ1) is 9.77. The fraction of sp³-hybridized carbons (Fsp3) is 1.00. The third kappa shape index (κ3) is 9.30. The minimum absolute atomic E-state index is 0.199. The second kappa shape index (κ2) is 10.4. The van der Waals surface area contributed by atoms with Gasteiger partial charge in [-0.15, -0.1) is 0 Å². The first-order valence-electron chi connectivity index (χ1n) is 6.85. The lowest BCUT2D eigenvalue weighted by Gasteiger charge is -2.04. The minimum Gasteiger partial charge on any atom is -0.211 e. The Hall–Kier alpha value is -0.350. The van der Waals surface area contributed by atoms with Crippen LogP contribution in [0.3, 0.4) is 0 Å². The fourth-order valence-electron chi connectivity index (χ4n) is 1.69. The van der Waals surface area contributed by atoms with Crippen molar-refractivity contribution in [2.75, 3.05) is 5.75 Å². The zero-order valence-corrected chi connectivity index (χ0v) is 13.6. The molecule has 0 fully saturated rings. The van der Waals surface area contributed by atoms with Gasteiger partial charge in [-0.05, 0) is 10.9 Å². The average molecular weight is 353 g/mol. The Morgan fingerprint density at radius 1 is 0.952 bits per heavy atom. The van der Waals surface area contributed by atoms with Crippen molar-refractivity contribution >= 4 is 20.0 Å². The Balaban J connectivity index is 4.16. The second-order valence-corrected chi connectivity index (χ2v) is 8.35. The van der Waals surface area contributed by atoms with Crippen LogP contribution in [0.25, 0.3) is 0 Å². The first kappa shape index (κ1) is 20.6. The summed E-state index contributed by atoms with van der Waals surface area (Å²) >= 11 is 0. The number of alkyl halides is 2. The summed E-state index contributed by atoms with van der Waals surface area (Å²) in [7, 11) is -9.52. The van der Waals surface area contributed by atoms with Gasteiger partial charge in [0.25, 0.3) is 20.0 Å². The Morgan fingerprint density at radius 3 is 1.86 bits per heavy atom. The largest absolute Gasteiger partial charge is 0.346 e. The molecule has 0 rings (SSSR count). The zero-order valence-electron chi connectivity index (χ0n) is 12.0. The molecule has 5 nitrogen and oxygen atoms in total. The van der Waals surface area contributed by atoms with Gasteiger partial charge in [0.15, 0.2) is 0 Å². The molecule has 0 heterocycles. The van der Waals surface area contributed by atoms with Crippen LogP contribution in [0.5, 0.6) is 0 Å². The molecule has 10 heteroatoms. The second-order valence-electron chi connectivity index (χ2n) is 4.67. The van der Waals surface area contributed by atoms with Gasteiger partial charge in [0.05, 0.1) is 5.75 Å². The summed E-state index contributed by atoms with van der Waals surface area (Å²) in [6.45, 7) is 2.10. The topological polar surface area (TPSA) is 72.8 Å². The quantitative estimate of drug-likeness (QED) is 0.498. The van der Waals surface area contributed by atoms with Crippen LogP contribution in [-0.2, 0) is 24.4 Å². The monoisotopic (exact) mass is 353 g/mol. The lowest BCUT2D eigenvalue weighted by atomic mass is 10.1. The normalized spacial score (nSPS) is 15.1. The van der Waals surface area contributed by atoms with Crippen LogP contribution in [0.4, 0.5) is 13.3 Å². The Labute approximate surface area is 124 Å². The molecule has 0 aliphatic heterocycles. The van der Waals surface area contributed by atoms with E-state index in [-0.39, 0.29) is 6.42 Å². The van der Waals surface area contributed by atoms with E-state index in [9.17, 15) is 25.9 Å². The third-order valence-corrected chi connectivity index (χ3v) is 5.96. The minimum atomic E-state index is -5.12. The maximum absolute atomic E-state index is 12.2. The molecule has 128 valence electrons.